The van der Waals surface area contributed by atoms with E-state index in [2.05, 4.69) is 24.1 Å². The van der Waals surface area contributed by atoms with Gasteiger partial charge in [0.1, 0.15) is 5.60 Å². The van der Waals surface area contributed by atoms with E-state index in [1.807, 2.05) is 0 Å². The molecule has 2 atom stereocenters. The maximum absolute atomic E-state index is 13.2. The van der Waals surface area contributed by atoms with Crippen molar-refractivity contribution in [3.05, 3.63) is 51.5 Å². The Morgan fingerprint density at radius 1 is 1.16 bits per heavy atom. The highest BCUT2D eigenvalue weighted by atomic mass is 32.1. The van der Waals surface area contributed by atoms with Gasteiger partial charge in [-0.05, 0) is 74.6 Å². The van der Waals surface area contributed by atoms with Gasteiger partial charge in [0.05, 0.1) is 16.0 Å². The van der Waals surface area contributed by atoms with E-state index in [1.165, 1.54) is 23.8 Å². The number of aliphatic hydroxyl groups is 1. The largest absolute Gasteiger partial charge is 0.416 e. The molecule has 5 nitrogen and oxygen atoms in total. The third kappa shape index (κ3) is 6.73. The molecule has 5 rings (SSSR count). The van der Waals surface area contributed by atoms with E-state index in [9.17, 15) is 23.1 Å². The number of nitrogens with one attached hydrogen (secondary N) is 1. The molecule has 2 fully saturated rings. The first-order valence-corrected chi connectivity index (χ1v) is 14.4. The molecule has 2 aliphatic carbocycles. The minimum absolute atomic E-state index is 0.0653. The molecular formula is C28H38F3N3O2S. The highest BCUT2D eigenvalue weighted by Crippen LogP contribution is 2.40. The first kappa shape index (κ1) is 28.0. The molecule has 1 amide bonds. The van der Waals surface area contributed by atoms with Crippen molar-refractivity contribution in [1.82, 2.24) is 15.2 Å². The Bertz CT molecular complexity index is 1040. The lowest BCUT2D eigenvalue weighted by Crippen LogP contribution is -2.43. The summed E-state index contributed by atoms with van der Waals surface area (Å²) >= 11 is 1.50. The van der Waals surface area contributed by atoms with Crippen LogP contribution in [0.1, 0.15) is 86.8 Å². The predicted octanol–water partition coefficient (Wildman–Crippen LogP) is 6.05. The number of thiazole rings is 1. The van der Waals surface area contributed by atoms with Crippen LogP contribution in [0.15, 0.2) is 29.9 Å². The Hall–Kier alpha value is -1.97. The molecule has 3 aliphatic rings. The molecule has 0 unspecified atom stereocenters. The highest BCUT2D eigenvalue weighted by molar-refractivity contribution is 7.09. The fourth-order valence-electron chi connectivity index (χ4n) is 5.82. The molecule has 2 aromatic rings. The molecule has 204 valence electrons. The molecular weight excluding hydrogens is 499 g/mol. The molecule has 0 radical (unpaired) electrons. The Kier molecular flexibility index (Phi) is 8.96. The summed E-state index contributed by atoms with van der Waals surface area (Å²) in [6.07, 6.45) is 4.90. The summed E-state index contributed by atoms with van der Waals surface area (Å²) in [6.45, 7) is 5.07. The van der Waals surface area contributed by atoms with Gasteiger partial charge in [0.25, 0.3) is 0 Å². The quantitative estimate of drug-likeness (QED) is 0.498. The Labute approximate surface area is 221 Å². The van der Waals surface area contributed by atoms with Gasteiger partial charge in [-0.2, -0.15) is 13.2 Å². The van der Waals surface area contributed by atoms with Crippen LogP contribution < -0.4 is 5.32 Å². The summed E-state index contributed by atoms with van der Waals surface area (Å²) in [5.41, 5.74) is 1.84. The molecule has 2 saturated carbocycles. The number of aromatic nitrogens is 1. The van der Waals surface area contributed by atoms with E-state index in [0.717, 1.165) is 48.6 Å². The van der Waals surface area contributed by atoms with Crippen LogP contribution in [0.3, 0.4) is 0 Å². The zero-order valence-corrected chi connectivity index (χ0v) is 22.5. The Morgan fingerprint density at radius 2 is 1.89 bits per heavy atom. The molecule has 1 aromatic heterocycles. The van der Waals surface area contributed by atoms with Gasteiger partial charge in [0.15, 0.2) is 0 Å². The molecule has 0 spiro atoms. The van der Waals surface area contributed by atoms with Crippen molar-refractivity contribution < 1.29 is 23.1 Å². The minimum atomic E-state index is -4.37. The second-order valence-electron chi connectivity index (χ2n) is 10.7. The third-order valence-electron chi connectivity index (χ3n) is 7.81. The van der Waals surface area contributed by atoms with Crippen molar-refractivity contribution in [1.29, 1.82) is 0 Å². The van der Waals surface area contributed by atoms with E-state index in [4.69, 9.17) is 0 Å². The second kappa shape index (κ2) is 11.8. The first-order chi connectivity index (χ1) is 17.6. The van der Waals surface area contributed by atoms with Crippen LogP contribution in [0.25, 0.3) is 0 Å². The molecule has 1 aromatic carbocycles. The van der Waals surface area contributed by atoms with E-state index in [0.29, 0.717) is 37.4 Å². The first-order valence-electron chi connectivity index (χ1n) is 13.5. The van der Waals surface area contributed by atoms with E-state index >= 15 is 0 Å². The topological polar surface area (TPSA) is 65.5 Å². The van der Waals surface area contributed by atoms with E-state index < -0.39 is 17.3 Å². The van der Waals surface area contributed by atoms with Gasteiger partial charge in [-0.15, -0.1) is 11.3 Å². The van der Waals surface area contributed by atoms with Gasteiger partial charge >= 0.3 is 6.18 Å². The molecule has 37 heavy (non-hydrogen) atoms. The SMILES string of the molecule is CCC.O=C([C@H]1CC[C@@H](NC2CCC(O)(c3cncs3)CC2)C1)N1CCc2ccc(C(F)(F)F)cc2C1. The van der Waals surface area contributed by atoms with Gasteiger partial charge in [-0.25, -0.2) is 0 Å². The average Bonchev–Trinajstić information content (AvgIpc) is 3.58. The zero-order chi connectivity index (χ0) is 26.6. The maximum atomic E-state index is 13.2. The number of fused-ring (bicyclic) bond motifs is 1. The summed E-state index contributed by atoms with van der Waals surface area (Å²) in [5.74, 6) is -0.0156. The van der Waals surface area contributed by atoms with Crippen LogP contribution in [0.2, 0.25) is 0 Å². The number of carbonyl (C=O) groups is 1. The van der Waals surface area contributed by atoms with Gasteiger partial charge in [-0.3, -0.25) is 9.78 Å². The van der Waals surface area contributed by atoms with E-state index in [1.54, 1.807) is 22.7 Å². The zero-order valence-electron chi connectivity index (χ0n) is 21.7. The lowest BCUT2D eigenvalue weighted by Gasteiger charge is -2.36. The van der Waals surface area contributed by atoms with Crippen molar-refractivity contribution in [2.45, 2.75) is 102 Å². The summed E-state index contributed by atoms with van der Waals surface area (Å²) in [7, 11) is 0. The number of halogens is 3. The van der Waals surface area contributed by atoms with Crippen molar-refractivity contribution >= 4 is 17.2 Å². The van der Waals surface area contributed by atoms with Crippen LogP contribution in [-0.4, -0.2) is 39.5 Å². The summed E-state index contributed by atoms with van der Waals surface area (Å²) in [6, 6.07) is 4.48. The summed E-state index contributed by atoms with van der Waals surface area (Å²) < 4.78 is 39.3. The number of rotatable bonds is 4. The van der Waals surface area contributed by atoms with Crippen LogP contribution in [0.5, 0.6) is 0 Å². The predicted molar refractivity (Wildman–Crippen MR) is 139 cm³/mol. The van der Waals surface area contributed by atoms with Crippen LogP contribution in [0, 0.1) is 5.92 Å². The van der Waals surface area contributed by atoms with Gasteiger partial charge in [0.2, 0.25) is 5.91 Å². The number of carbonyl (C=O) groups excluding carboxylic acids is 1. The third-order valence-corrected chi connectivity index (χ3v) is 8.78. The smallest absolute Gasteiger partial charge is 0.384 e. The molecule has 2 heterocycles. The summed E-state index contributed by atoms with van der Waals surface area (Å²) in [4.78, 5) is 20.0. The Morgan fingerprint density at radius 3 is 2.54 bits per heavy atom. The lowest BCUT2D eigenvalue weighted by atomic mass is 9.81. The van der Waals surface area contributed by atoms with Crippen molar-refractivity contribution in [2.24, 2.45) is 5.92 Å². The fourth-order valence-corrected chi connectivity index (χ4v) is 6.60. The minimum Gasteiger partial charge on any atom is -0.384 e. The average molecular weight is 538 g/mol. The fraction of sp³-hybridized carbons (Fsp3) is 0.643. The number of benzene rings is 1. The Balaban J connectivity index is 0.00000102. The monoisotopic (exact) mass is 537 g/mol. The lowest BCUT2D eigenvalue weighted by molar-refractivity contribution is -0.137. The number of hydrogen-bond donors (Lipinski definition) is 2. The van der Waals surface area contributed by atoms with Gasteiger partial charge in [-0.1, -0.05) is 26.3 Å². The number of amides is 1. The van der Waals surface area contributed by atoms with Gasteiger partial charge < -0.3 is 15.3 Å². The molecule has 0 bridgehead atoms. The van der Waals surface area contributed by atoms with E-state index in [-0.39, 0.29) is 24.4 Å². The van der Waals surface area contributed by atoms with Crippen molar-refractivity contribution in [2.75, 3.05) is 6.54 Å². The number of hydrogen-bond acceptors (Lipinski definition) is 5. The van der Waals surface area contributed by atoms with Crippen LogP contribution in [-0.2, 0) is 29.5 Å². The van der Waals surface area contributed by atoms with Crippen molar-refractivity contribution in [3.8, 4) is 0 Å². The maximum Gasteiger partial charge on any atom is 0.416 e. The van der Waals surface area contributed by atoms with Crippen molar-refractivity contribution in [3.63, 3.8) is 0 Å². The molecule has 0 saturated heterocycles. The van der Waals surface area contributed by atoms with Crippen LogP contribution >= 0.6 is 11.3 Å². The highest BCUT2D eigenvalue weighted by Gasteiger charge is 2.39. The van der Waals surface area contributed by atoms with Crippen LogP contribution in [0.4, 0.5) is 13.2 Å². The number of nitrogens with zero attached hydrogens (tertiary/aromatic N) is 2. The summed E-state index contributed by atoms with van der Waals surface area (Å²) in [5, 5.41) is 14.6. The second-order valence-corrected chi connectivity index (χ2v) is 11.6. The normalized spacial score (nSPS) is 27.8. The molecule has 2 N–H and O–H groups in total. The standard InChI is InChI=1S/C25H30F3N3O2S.C3H8/c26-25(27,28)19-3-1-16-7-10-31(14-18(16)11-19)23(32)17-2-4-21(12-17)30-20-5-8-24(33,9-6-20)22-13-29-15-34-22;1-3-2/h1,3,11,13,15,17,20-21,30,33H,2,4-10,12,14H2;3H2,1-2H3/t17-,20?,21+,24?;/m0./s1. The molecule has 9 heteroatoms. The number of alkyl halides is 3. The van der Waals surface area contributed by atoms with Gasteiger partial charge in [0, 0.05) is 37.3 Å². The molecule has 1 aliphatic heterocycles.